The second kappa shape index (κ2) is 10.2. The molecule has 39 heavy (non-hydrogen) atoms. The van der Waals surface area contributed by atoms with E-state index in [1.807, 2.05) is 0 Å². The lowest BCUT2D eigenvalue weighted by Crippen LogP contribution is -2.50. The number of hydrogen-bond acceptors (Lipinski definition) is 5. The number of nitrogens with zero attached hydrogens (tertiary/aromatic N) is 4. The summed E-state index contributed by atoms with van der Waals surface area (Å²) in [6.45, 7) is 7.29. The first-order chi connectivity index (χ1) is 18.5. The standard InChI is InChI=1S/C29H43F3N6O/c1-28(2)10-11-36(17-28)14-19-12-23(29(30,31)32)24-16-37(27(39)38(24)15-19)22-9-5-8-21(13-22)25(20-6-4-7-20)26-34-33-18-35(26)3/h12,15-16,20-22,25-26,33-34H,4-11,13-14,17-18H2,1-3H3/t21?,22?,25-,26?/m1/s1. The molecule has 2 aromatic heterocycles. The minimum absolute atomic E-state index is 0.0305. The highest BCUT2D eigenvalue weighted by Gasteiger charge is 2.44. The van der Waals surface area contributed by atoms with Gasteiger partial charge in [-0.1, -0.05) is 39.5 Å². The molecule has 2 saturated carbocycles. The number of halogens is 3. The Hall–Kier alpha value is -1.88. The van der Waals surface area contributed by atoms with Gasteiger partial charge in [-0.15, -0.1) is 0 Å². The molecule has 0 amide bonds. The lowest BCUT2D eigenvalue weighted by Gasteiger charge is -2.46. The molecule has 4 heterocycles. The van der Waals surface area contributed by atoms with Crippen LogP contribution in [0.2, 0.25) is 0 Å². The summed E-state index contributed by atoms with van der Waals surface area (Å²) in [4.78, 5) is 18.2. The van der Waals surface area contributed by atoms with Crippen LogP contribution in [-0.4, -0.2) is 51.7 Å². The van der Waals surface area contributed by atoms with Crippen LogP contribution in [0.25, 0.3) is 5.52 Å². The summed E-state index contributed by atoms with van der Waals surface area (Å²) in [5.74, 6) is 1.56. The van der Waals surface area contributed by atoms with Gasteiger partial charge in [-0.25, -0.2) is 15.6 Å². The predicted molar refractivity (Wildman–Crippen MR) is 145 cm³/mol. The smallest absolute Gasteiger partial charge is 0.298 e. The van der Waals surface area contributed by atoms with E-state index in [0.29, 0.717) is 29.9 Å². The van der Waals surface area contributed by atoms with Crippen LogP contribution in [0, 0.1) is 23.2 Å². The molecule has 2 saturated heterocycles. The van der Waals surface area contributed by atoms with E-state index in [1.54, 1.807) is 10.8 Å². The number of imidazole rings is 1. The van der Waals surface area contributed by atoms with Crippen molar-refractivity contribution in [3.05, 3.63) is 40.1 Å². The van der Waals surface area contributed by atoms with E-state index < -0.39 is 11.7 Å². The largest absolute Gasteiger partial charge is 0.418 e. The van der Waals surface area contributed by atoms with Gasteiger partial charge in [0.05, 0.1) is 23.9 Å². The molecule has 2 aliphatic heterocycles. The van der Waals surface area contributed by atoms with Crippen molar-refractivity contribution in [2.75, 3.05) is 26.8 Å². The van der Waals surface area contributed by atoms with Crippen molar-refractivity contribution in [3.63, 3.8) is 0 Å². The van der Waals surface area contributed by atoms with Crippen LogP contribution in [0.15, 0.2) is 23.3 Å². The van der Waals surface area contributed by atoms with Crippen LogP contribution in [0.1, 0.15) is 82.4 Å². The van der Waals surface area contributed by atoms with E-state index >= 15 is 0 Å². The molecule has 6 rings (SSSR count). The fourth-order valence-electron chi connectivity index (χ4n) is 7.86. The molecule has 4 atom stereocenters. The Morgan fingerprint density at radius 3 is 2.46 bits per heavy atom. The van der Waals surface area contributed by atoms with Crippen LogP contribution in [0.3, 0.4) is 0 Å². The highest BCUT2D eigenvalue weighted by molar-refractivity contribution is 5.56. The summed E-state index contributed by atoms with van der Waals surface area (Å²) in [5.41, 5.74) is 6.37. The van der Waals surface area contributed by atoms with E-state index in [4.69, 9.17) is 0 Å². The van der Waals surface area contributed by atoms with Gasteiger partial charge >= 0.3 is 11.9 Å². The number of likely N-dealkylation sites (tertiary alicyclic amines) is 1. The van der Waals surface area contributed by atoms with E-state index in [-0.39, 0.29) is 28.8 Å². The number of alkyl halides is 3. The molecule has 2 aromatic rings. The third kappa shape index (κ3) is 5.29. The Morgan fingerprint density at radius 2 is 1.85 bits per heavy atom. The number of fused-ring (bicyclic) bond motifs is 1. The Bertz CT molecular complexity index is 1250. The van der Waals surface area contributed by atoms with Crippen LogP contribution in [0.5, 0.6) is 0 Å². The lowest BCUT2D eigenvalue weighted by molar-refractivity contribution is -0.136. The minimum Gasteiger partial charge on any atom is -0.298 e. The van der Waals surface area contributed by atoms with Crippen LogP contribution >= 0.6 is 0 Å². The molecule has 216 valence electrons. The van der Waals surface area contributed by atoms with E-state index in [2.05, 4.69) is 41.5 Å². The van der Waals surface area contributed by atoms with Crippen molar-refractivity contribution in [2.45, 2.75) is 90.1 Å². The van der Waals surface area contributed by atoms with Crippen molar-refractivity contribution < 1.29 is 13.2 Å². The fraction of sp³-hybridized carbons (Fsp3) is 0.759. The average Bonchev–Trinajstić information content (AvgIpc) is 3.52. The first kappa shape index (κ1) is 27.3. The van der Waals surface area contributed by atoms with Gasteiger partial charge in [-0.2, -0.15) is 13.2 Å². The second-order valence-electron chi connectivity index (χ2n) is 13.5. The second-order valence-corrected chi connectivity index (χ2v) is 13.5. The average molecular weight is 549 g/mol. The molecule has 2 aliphatic carbocycles. The van der Waals surface area contributed by atoms with Crippen molar-refractivity contribution in [1.29, 1.82) is 0 Å². The molecule has 4 fully saturated rings. The topological polar surface area (TPSA) is 56.9 Å². The molecule has 4 aliphatic rings. The third-order valence-electron chi connectivity index (χ3n) is 10.1. The molecule has 0 spiro atoms. The summed E-state index contributed by atoms with van der Waals surface area (Å²) < 4.78 is 45.7. The zero-order chi connectivity index (χ0) is 27.5. The summed E-state index contributed by atoms with van der Waals surface area (Å²) in [5, 5.41) is 0. The number of hydrazine groups is 1. The first-order valence-electron chi connectivity index (χ1n) is 14.7. The predicted octanol–water partition coefficient (Wildman–Crippen LogP) is 4.82. The molecular weight excluding hydrogens is 505 g/mol. The molecule has 2 N–H and O–H groups in total. The monoisotopic (exact) mass is 548 g/mol. The molecule has 10 heteroatoms. The molecule has 0 radical (unpaired) electrons. The fourth-order valence-corrected chi connectivity index (χ4v) is 7.86. The zero-order valence-corrected chi connectivity index (χ0v) is 23.4. The van der Waals surface area contributed by atoms with Crippen molar-refractivity contribution in [3.8, 4) is 0 Å². The summed E-state index contributed by atoms with van der Waals surface area (Å²) >= 11 is 0. The summed E-state index contributed by atoms with van der Waals surface area (Å²) in [6.07, 6.45) is 7.37. The van der Waals surface area contributed by atoms with Crippen LogP contribution in [0.4, 0.5) is 13.2 Å². The Labute approximate surface area is 228 Å². The number of pyridine rings is 1. The molecule has 0 bridgehead atoms. The van der Waals surface area contributed by atoms with Crippen LogP contribution < -0.4 is 16.5 Å². The van der Waals surface area contributed by atoms with Gasteiger partial charge in [-0.3, -0.25) is 18.8 Å². The van der Waals surface area contributed by atoms with Gasteiger partial charge in [0.1, 0.15) is 0 Å². The van der Waals surface area contributed by atoms with E-state index in [9.17, 15) is 18.0 Å². The number of rotatable bonds is 6. The van der Waals surface area contributed by atoms with Gasteiger partial charge in [0.2, 0.25) is 0 Å². The van der Waals surface area contributed by atoms with Crippen LogP contribution in [-0.2, 0) is 12.7 Å². The molecular formula is C29H43F3N6O. The Kier molecular flexibility index (Phi) is 7.13. The number of nitrogens with one attached hydrogen (secondary N) is 2. The number of hydrogen-bond donors (Lipinski definition) is 2. The van der Waals surface area contributed by atoms with Gasteiger partial charge in [0, 0.05) is 31.5 Å². The normalized spacial score (nSPS) is 29.7. The van der Waals surface area contributed by atoms with Gasteiger partial charge in [0.25, 0.3) is 0 Å². The van der Waals surface area contributed by atoms with Crippen molar-refractivity contribution in [2.24, 2.45) is 23.2 Å². The maximum atomic E-state index is 14.3. The quantitative estimate of drug-likeness (QED) is 0.542. The highest BCUT2D eigenvalue weighted by atomic mass is 19.4. The third-order valence-corrected chi connectivity index (χ3v) is 10.1. The highest BCUT2D eigenvalue weighted by Crippen LogP contribution is 2.47. The summed E-state index contributed by atoms with van der Waals surface area (Å²) in [6, 6.07) is 1.18. The lowest BCUT2D eigenvalue weighted by atomic mass is 9.65. The van der Waals surface area contributed by atoms with Gasteiger partial charge < -0.3 is 0 Å². The first-order valence-corrected chi connectivity index (χ1v) is 14.7. The Balaban J connectivity index is 1.31. The minimum atomic E-state index is -4.53. The van der Waals surface area contributed by atoms with E-state index in [1.165, 1.54) is 35.9 Å². The van der Waals surface area contributed by atoms with Gasteiger partial charge in [0.15, 0.2) is 0 Å². The number of aromatic nitrogens is 2. The Morgan fingerprint density at radius 1 is 1.10 bits per heavy atom. The molecule has 0 aromatic carbocycles. The van der Waals surface area contributed by atoms with Gasteiger partial charge in [-0.05, 0) is 74.1 Å². The van der Waals surface area contributed by atoms with Crippen molar-refractivity contribution >= 4 is 5.52 Å². The van der Waals surface area contributed by atoms with Crippen molar-refractivity contribution in [1.82, 2.24) is 29.6 Å². The molecule has 7 nitrogen and oxygen atoms in total. The SMILES string of the molecule is CN1CNNC1[C@H](C1CCC1)C1CCCC(n2cc3c(C(F)(F)F)cc(CN4CCC(C)(C)C4)cn3c2=O)C1. The maximum Gasteiger partial charge on any atom is 0.418 e. The van der Waals surface area contributed by atoms with E-state index in [0.717, 1.165) is 51.9 Å². The maximum absolute atomic E-state index is 14.3. The molecule has 3 unspecified atom stereocenters. The summed E-state index contributed by atoms with van der Waals surface area (Å²) in [7, 11) is 2.13. The zero-order valence-electron chi connectivity index (χ0n) is 23.4.